The fourth-order valence-electron chi connectivity index (χ4n) is 6.95. The largest absolute Gasteiger partial charge is 0.472 e. The van der Waals surface area contributed by atoms with Crippen LogP contribution in [0.2, 0.25) is 0 Å². The number of likely N-dealkylation sites (N-methyl/N-ethyl adjacent to an activating group) is 1. The maximum Gasteiger partial charge on any atom is 0.472 e. The average molecular weight is 845 g/mol. The smallest absolute Gasteiger partial charge is 0.462 e. The van der Waals surface area contributed by atoms with E-state index in [9.17, 15) is 19.0 Å². The maximum absolute atomic E-state index is 12.7. The van der Waals surface area contributed by atoms with Crippen LogP contribution < -0.4 is 0 Å². The van der Waals surface area contributed by atoms with Gasteiger partial charge in [-0.2, -0.15) is 0 Å². The lowest BCUT2D eigenvalue weighted by atomic mass is 10.0. The van der Waals surface area contributed by atoms with Crippen molar-refractivity contribution in [1.82, 2.24) is 0 Å². The molecule has 10 heteroatoms. The van der Waals surface area contributed by atoms with Gasteiger partial charge in [0.2, 0.25) is 0 Å². The molecule has 0 aromatic rings. The molecule has 1 N–H and O–H groups in total. The minimum Gasteiger partial charge on any atom is -0.462 e. The second kappa shape index (κ2) is 41.1. The molecule has 2 atom stereocenters. The summed E-state index contributed by atoms with van der Waals surface area (Å²) in [4.78, 5) is 35.4. The van der Waals surface area contributed by atoms with Gasteiger partial charge in [-0.25, -0.2) is 4.57 Å². The van der Waals surface area contributed by atoms with E-state index < -0.39 is 26.5 Å². The number of esters is 2. The van der Waals surface area contributed by atoms with Crippen LogP contribution in [0.4, 0.5) is 0 Å². The number of phosphoric ester groups is 1. The van der Waals surface area contributed by atoms with Crippen molar-refractivity contribution >= 4 is 19.8 Å². The van der Waals surface area contributed by atoms with Crippen molar-refractivity contribution in [3.05, 3.63) is 12.2 Å². The normalized spacial score (nSPS) is 13.6. The lowest BCUT2D eigenvalue weighted by molar-refractivity contribution is -0.870. The van der Waals surface area contributed by atoms with Gasteiger partial charge in [0.15, 0.2) is 6.10 Å². The Kier molecular flexibility index (Phi) is 40.2. The summed E-state index contributed by atoms with van der Waals surface area (Å²) < 4.78 is 34.4. The molecule has 0 heterocycles. The third-order valence-corrected chi connectivity index (χ3v) is 11.8. The Morgan fingerprint density at radius 2 is 0.879 bits per heavy atom. The topological polar surface area (TPSA) is 108 Å². The number of unbranched alkanes of at least 4 members (excludes halogenated alkanes) is 29. The molecule has 0 aliphatic carbocycles. The average Bonchev–Trinajstić information content (AvgIpc) is 3.17. The van der Waals surface area contributed by atoms with Gasteiger partial charge in [0.05, 0.1) is 27.7 Å². The van der Waals surface area contributed by atoms with Crippen LogP contribution in [-0.4, -0.2) is 74.9 Å². The van der Waals surface area contributed by atoms with Crippen LogP contribution in [0.3, 0.4) is 0 Å². The van der Waals surface area contributed by atoms with E-state index >= 15 is 0 Å². The Hall–Kier alpha value is -1.25. The molecule has 0 saturated carbocycles. The molecule has 0 amide bonds. The van der Waals surface area contributed by atoms with Gasteiger partial charge < -0.3 is 18.9 Å². The highest BCUT2D eigenvalue weighted by Crippen LogP contribution is 2.43. The number of quaternary nitrogens is 1. The van der Waals surface area contributed by atoms with E-state index in [-0.39, 0.29) is 32.0 Å². The number of hydrogen-bond donors (Lipinski definition) is 1. The molecule has 344 valence electrons. The first-order valence-corrected chi connectivity index (χ1v) is 25.9. The number of allylic oxidation sites excluding steroid dienone is 2. The minimum atomic E-state index is -4.37. The predicted molar refractivity (Wildman–Crippen MR) is 243 cm³/mol. The van der Waals surface area contributed by atoms with Gasteiger partial charge in [-0.3, -0.25) is 18.6 Å². The van der Waals surface area contributed by atoms with E-state index in [4.69, 9.17) is 18.5 Å². The molecule has 0 bridgehead atoms. The van der Waals surface area contributed by atoms with E-state index in [1.165, 1.54) is 154 Å². The second-order valence-corrected chi connectivity index (χ2v) is 19.3. The first-order valence-electron chi connectivity index (χ1n) is 24.4. The monoisotopic (exact) mass is 845 g/mol. The highest BCUT2D eigenvalue weighted by atomic mass is 31.2. The fourth-order valence-corrected chi connectivity index (χ4v) is 7.69. The molecule has 58 heavy (non-hydrogen) atoms. The molecule has 0 saturated heterocycles. The lowest BCUT2D eigenvalue weighted by Gasteiger charge is -2.24. The SMILES string of the molecule is CCCCCCCC/C=C/CCCCCC(=O)OC[C@H](COP(=O)(O)OCC[N+](C)(C)C)OC(=O)CCCCCCCCCCCCCCCCCCCCCCC. The number of carbonyl (C=O) groups is 2. The summed E-state index contributed by atoms with van der Waals surface area (Å²) in [6, 6.07) is 0. The van der Waals surface area contributed by atoms with Gasteiger partial charge in [0.25, 0.3) is 0 Å². The maximum atomic E-state index is 12.7. The number of hydrogen-bond acceptors (Lipinski definition) is 7. The number of phosphoric acid groups is 1. The molecule has 0 aliphatic heterocycles. The van der Waals surface area contributed by atoms with Gasteiger partial charge in [0, 0.05) is 12.8 Å². The van der Waals surface area contributed by atoms with Crippen LogP contribution in [0.5, 0.6) is 0 Å². The highest BCUT2D eigenvalue weighted by Gasteiger charge is 2.27. The van der Waals surface area contributed by atoms with Crippen LogP contribution in [0.1, 0.15) is 232 Å². The molecule has 0 aromatic heterocycles. The van der Waals surface area contributed by atoms with E-state index in [0.717, 1.165) is 44.9 Å². The molecule has 0 aliphatic rings. The van der Waals surface area contributed by atoms with E-state index in [0.29, 0.717) is 17.4 Å². The van der Waals surface area contributed by atoms with Crippen molar-refractivity contribution in [2.45, 2.75) is 238 Å². The fraction of sp³-hybridized carbons (Fsp3) is 0.917. The summed E-state index contributed by atoms with van der Waals surface area (Å²) in [6.45, 7) is 4.44. The molecule has 1 unspecified atom stereocenters. The molecular weight excluding hydrogens is 750 g/mol. The van der Waals surface area contributed by atoms with E-state index in [1.54, 1.807) is 0 Å². The molecule has 0 radical (unpaired) electrons. The Balaban J connectivity index is 4.23. The summed E-state index contributed by atoms with van der Waals surface area (Å²) >= 11 is 0. The van der Waals surface area contributed by atoms with Crippen molar-refractivity contribution in [3.63, 3.8) is 0 Å². The zero-order valence-corrected chi connectivity index (χ0v) is 39.7. The third-order valence-electron chi connectivity index (χ3n) is 10.8. The highest BCUT2D eigenvalue weighted by molar-refractivity contribution is 7.47. The number of rotatable bonds is 45. The standard InChI is InChI=1S/C48H94NO8P/c1-6-8-10-12-14-16-18-20-21-22-23-24-25-26-27-29-31-33-35-37-39-41-48(51)57-46(45-56-58(52,53)55-43-42-49(3,4)5)44-54-47(50)40-38-36-34-32-30-28-19-17-15-13-11-9-7-2/h28,30,46H,6-27,29,31-45H2,1-5H3/p+1/b30-28+/t46-/m1/s1. The van der Waals surface area contributed by atoms with Crippen molar-refractivity contribution < 1.29 is 42.1 Å². The molecule has 0 fully saturated rings. The Bertz CT molecular complexity index is 1000. The molecule has 9 nitrogen and oxygen atoms in total. The van der Waals surface area contributed by atoms with Crippen molar-refractivity contribution in [2.75, 3.05) is 47.5 Å². The minimum absolute atomic E-state index is 0.0328. The number of carbonyl (C=O) groups excluding carboxylic acids is 2. The lowest BCUT2D eigenvalue weighted by Crippen LogP contribution is -2.37. The van der Waals surface area contributed by atoms with Crippen molar-refractivity contribution in [3.8, 4) is 0 Å². The quantitative estimate of drug-likeness (QED) is 0.0212. The van der Waals surface area contributed by atoms with Crippen molar-refractivity contribution in [1.29, 1.82) is 0 Å². The summed E-state index contributed by atoms with van der Waals surface area (Å²) in [7, 11) is 1.48. The van der Waals surface area contributed by atoms with Gasteiger partial charge in [-0.1, -0.05) is 193 Å². The summed E-state index contributed by atoms with van der Waals surface area (Å²) in [6.07, 6.45) is 44.1. The molecule has 0 aromatic carbocycles. The van der Waals surface area contributed by atoms with Crippen LogP contribution in [-0.2, 0) is 32.7 Å². The van der Waals surface area contributed by atoms with Gasteiger partial charge in [-0.05, 0) is 38.5 Å². The summed E-state index contributed by atoms with van der Waals surface area (Å²) in [5, 5.41) is 0. The first kappa shape index (κ1) is 56.8. The van der Waals surface area contributed by atoms with Crippen LogP contribution in [0.25, 0.3) is 0 Å². The number of nitrogens with zero attached hydrogens (tertiary/aromatic N) is 1. The predicted octanol–water partition coefficient (Wildman–Crippen LogP) is 14.1. The Morgan fingerprint density at radius 1 is 0.517 bits per heavy atom. The van der Waals surface area contributed by atoms with Gasteiger partial charge in [-0.15, -0.1) is 0 Å². The van der Waals surface area contributed by atoms with Crippen LogP contribution in [0, 0.1) is 0 Å². The van der Waals surface area contributed by atoms with E-state index in [1.807, 2.05) is 21.1 Å². The third kappa shape index (κ3) is 44.3. The first-order chi connectivity index (χ1) is 28.0. The van der Waals surface area contributed by atoms with Crippen LogP contribution >= 0.6 is 7.82 Å². The molecule has 0 spiro atoms. The Labute approximate surface area is 358 Å². The second-order valence-electron chi connectivity index (χ2n) is 17.9. The van der Waals surface area contributed by atoms with Crippen LogP contribution in [0.15, 0.2) is 12.2 Å². The zero-order chi connectivity index (χ0) is 42.8. The number of ether oxygens (including phenoxy) is 2. The van der Waals surface area contributed by atoms with E-state index in [2.05, 4.69) is 26.0 Å². The zero-order valence-electron chi connectivity index (χ0n) is 38.8. The molecule has 0 rings (SSSR count). The van der Waals surface area contributed by atoms with Gasteiger partial charge >= 0.3 is 19.8 Å². The van der Waals surface area contributed by atoms with Gasteiger partial charge in [0.1, 0.15) is 19.8 Å². The Morgan fingerprint density at radius 3 is 1.29 bits per heavy atom. The summed E-state index contributed by atoms with van der Waals surface area (Å²) in [5.74, 6) is -0.805. The molecular formula is C48H95NO8P+. The van der Waals surface area contributed by atoms with Crippen molar-refractivity contribution in [2.24, 2.45) is 0 Å². The summed E-state index contributed by atoms with van der Waals surface area (Å²) in [5.41, 5.74) is 0.